The fourth-order valence-electron chi connectivity index (χ4n) is 1.97. The first kappa shape index (κ1) is 10.0. The SMILES string of the molecule is Cc1ccc2c(c1C)OCCC2C(=O)O. The number of hydrogen-bond donors (Lipinski definition) is 1. The van der Waals surface area contributed by atoms with Gasteiger partial charge in [-0.05, 0) is 31.4 Å². The highest BCUT2D eigenvalue weighted by Gasteiger charge is 2.28. The van der Waals surface area contributed by atoms with Crippen molar-refractivity contribution in [1.82, 2.24) is 0 Å². The maximum atomic E-state index is 11.1. The summed E-state index contributed by atoms with van der Waals surface area (Å²) in [5.74, 6) is -0.399. The fraction of sp³-hybridized carbons (Fsp3) is 0.417. The Balaban J connectivity index is 2.54. The smallest absolute Gasteiger partial charge is 0.311 e. The Labute approximate surface area is 88.7 Å². The van der Waals surface area contributed by atoms with E-state index in [1.165, 1.54) is 0 Å². The van der Waals surface area contributed by atoms with Crippen LogP contribution in [0.4, 0.5) is 0 Å². The van der Waals surface area contributed by atoms with Crippen LogP contribution >= 0.6 is 0 Å². The molecule has 1 aromatic rings. The second-order valence-corrected chi connectivity index (χ2v) is 3.95. The molecule has 0 saturated carbocycles. The van der Waals surface area contributed by atoms with Gasteiger partial charge in [-0.3, -0.25) is 4.79 Å². The lowest BCUT2D eigenvalue weighted by atomic mass is 9.90. The zero-order chi connectivity index (χ0) is 11.0. The van der Waals surface area contributed by atoms with Gasteiger partial charge in [0.25, 0.3) is 0 Å². The van der Waals surface area contributed by atoms with E-state index in [2.05, 4.69) is 0 Å². The Kier molecular flexibility index (Phi) is 2.39. The van der Waals surface area contributed by atoms with Gasteiger partial charge in [0, 0.05) is 5.56 Å². The Morgan fingerprint density at radius 1 is 1.47 bits per heavy atom. The third-order valence-corrected chi connectivity index (χ3v) is 3.03. The first-order valence-electron chi connectivity index (χ1n) is 5.07. The van der Waals surface area contributed by atoms with Crippen molar-refractivity contribution in [1.29, 1.82) is 0 Å². The molecule has 1 aliphatic heterocycles. The van der Waals surface area contributed by atoms with Crippen molar-refractivity contribution in [2.24, 2.45) is 0 Å². The number of aryl methyl sites for hydroxylation is 1. The lowest BCUT2D eigenvalue weighted by molar-refractivity contribution is -0.139. The normalized spacial score (nSPS) is 19.2. The van der Waals surface area contributed by atoms with E-state index in [1.54, 1.807) is 0 Å². The van der Waals surface area contributed by atoms with Crippen molar-refractivity contribution >= 4 is 5.97 Å². The molecule has 1 N–H and O–H groups in total. The molecule has 0 spiro atoms. The molecule has 3 nitrogen and oxygen atoms in total. The van der Waals surface area contributed by atoms with Gasteiger partial charge in [-0.15, -0.1) is 0 Å². The van der Waals surface area contributed by atoms with Crippen LogP contribution in [0.2, 0.25) is 0 Å². The molecule has 0 amide bonds. The minimum atomic E-state index is -0.761. The fourth-order valence-corrected chi connectivity index (χ4v) is 1.97. The van der Waals surface area contributed by atoms with E-state index in [0.717, 1.165) is 22.4 Å². The quantitative estimate of drug-likeness (QED) is 0.766. The minimum Gasteiger partial charge on any atom is -0.493 e. The first-order chi connectivity index (χ1) is 7.11. The highest BCUT2D eigenvalue weighted by Crippen LogP contribution is 2.37. The second kappa shape index (κ2) is 3.57. The Morgan fingerprint density at radius 3 is 2.87 bits per heavy atom. The van der Waals surface area contributed by atoms with Crippen LogP contribution in [-0.2, 0) is 4.79 Å². The molecular formula is C12H14O3. The molecule has 0 bridgehead atoms. The lowest BCUT2D eigenvalue weighted by Crippen LogP contribution is -2.21. The molecule has 3 heteroatoms. The maximum Gasteiger partial charge on any atom is 0.311 e. The zero-order valence-corrected chi connectivity index (χ0v) is 8.91. The van der Waals surface area contributed by atoms with E-state index in [0.29, 0.717) is 13.0 Å². The van der Waals surface area contributed by atoms with Gasteiger partial charge in [0.05, 0.1) is 12.5 Å². The Bertz CT molecular complexity index is 410. The van der Waals surface area contributed by atoms with Gasteiger partial charge in [-0.2, -0.15) is 0 Å². The summed E-state index contributed by atoms with van der Waals surface area (Å²) in [6.07, 6.45) is 0.560. The molecule has 1 atom stereocenters. The number of benzene rings is 1. The minimum absolute atomic E-state index is 0.409. The number of carboxylic acid groups (broad SMARTS) is 1. The summed E-state index contributed by atoms with van der Waals surface area (Å²) in [4.78, 5) is 11.1. The van der Waals surface area contributed by atoms with Gasteiger partial charge in [-0.1, -0.05) is 12.1 Å². The third kappa shape index (κ3) is 1.58. The molecule has 1 unspecified atom stereocenters. The summed E-state index contributed by atoms with van der Waals surface area (Å²) in [5, 5.41) is 9.09. The van der Waals surface area contributed by atoms with E-state index in [9.17, 15) is 4.79 Å². The van der Waals surface area contributed by atoms with Crippen LogP contribution in [0.3, 0.4) is 0 Å². The van der Waals surface area contributed by atoms with Crippen molar-refractivity contribution in [3.8, 4) is 5.75 Å². The van der Waals surface area contributed by atoms with Crippen molar-refractivity contribution in [3.05, 3.63) is 28.8 Å². The van der Waals surface area contributed by atoms with E-state index < -0.39 is 11.9 Å². The number of aliphatic carboxylic acids is 1. The molecule has 15 heavy (non-hydrogen) atoms. The van der Waals surface area contributed by atoms with Crippen molar-refractivity contribution in [2.75, 3.05) is 6.61 Å². The van der Waals surface area contributed by atoms with E-state index >= 15 is 0 Å². The second-order valence-electron chi connectivity index (χ2n) is 3.95. The number of carboxylic acids is 1. The predicted octanol–water partition coefficient (Wildman–Crippen LogP) is 2.25. The molecule has 1 aliphatic rings. The highest BCUT2D eigenvalue weighted by atomic mass is 16.5. The molecule has 0 aromatic heterocycles. The molecule has 1 heterocycles. The number of ether oxygens (including phenoxy) is 1. The third-order valence-electron chi connectivity index (χ3n) is 3.03. The van der Waals surface area contributed by atoms with Crippen LogP contribution in [0.25, 0.3) is 0 Å². The number of fused-ring (bicyclic) bond motifs is 1. The molecule has 0 saturated heterocycles. The van der Waals surface area contributed by atoms with Crippen LogP contribution in [-0.4, -0.2) is 17.7 Å². The highest BCUT2D eigenvalue weighted by molar-refractivity contribution is 5.78. The number of carbonyl (C=O) groups is 1. The summed E-state index contributed by atoms with van der Waals surface area (Å²) in [7, 11) is 0. The predicted molar refractivity (Wildman–Crippen MR) is 56.4 cm³/mol. The summed E-state index contributed by atoms with van der Waals surface area (Å²) < 4.78 is 5.55. The standard InChI is InChI=1S/C12H14O3/c1-7-3-4-9-10(12(13)14)5-6-15-11(9)8(7)2/h3-4,10H,5-6H2,1-2H3,(H,13,14). The molecule has 2 rings (SSSR count). The van der Waals surface area contributed by atoms with Crippen LogP contribution in [0.1, 0.15) is 29.0 Å². The van der Waals surface area contributed by atoms with Gasteiger partial charge in [0.15, 0.2) is 0 Å². The maximum absolute atomic E-state index is 11.1. The van der Waals surface area contributed by atoms with E-state index in [-0.39, 0.29) is 0 Å². The summed E-state index contributed by atoms with van der Waals surface area (Å²) in [6.45, 7) is 4.47. The summed E-state index contributed by atoms with van der Waals surface area (Å²) in [5.41, 5.74) is 3.01. The number of rotatable bonds is 1. The Morgan fingerprint density at radius 2 is 2.20 bits per heavy atom. The molecule has 1 aromatic carbocycles. The van der Waals surface area contributed by atoms with Crippen molar-refractivity contribution < 1.29 is 14.6 Å². The zero-order valence-electron chi connectivity index (χ0n) is 8.91. The molecule has 0 radical (unpaired) electrons. The van der Waals surface area contributed by atoms with Gasteiger partial charge in [0.2, 0.25) is 0 Å². The van der Waals surface area contributed by atoms with Crippen molar-refractivity contribution in [2.45, 2.75) is 26.2 Å². The number of hydrogen-bond acceptors (Lipinski definition) is 2. The van der Waals surface area contributed by atoms with E-state index in [4.69, 9.17) is 9.84 Å². The van der Waals surface area contributed by atoms with Crippen LogP contribution in [0, 0.1) is 13.8 Å². The van der Waals surface area contributed by atoms with Crippen LogP contribution in [0.5, 0.6) is 5.75 Å². The average Bonchev–Trinajstić information content (AvgIpc) is 2.23. The van der Waals surface area contributed by atoms with Gasteiger partial charge in [0.1, 0.15) is 5.75 Å². The van der Waals surface area contributed by atoms with Crippen molar-refractivity contribution in [3.63, 3.8) is 0 Å². The largest absolute Gasteiger partial charge is 0.493 e. The Hall–Kier alpha value is -1.51. The monoisotopic (exact) mass is 206 g/mol. The van der Waals surface area contributed by atoms with Crippen LogP contribution in [0.15, 0.2) is 12.1 Å². The van der Waals surface area contributed by atoms with Gasteiger partial charge >= 0.3 is 5.97 Å². The van der Waals surface area contributed by atoms with Crippen LogP contribution < -0.4 is 4.74 Å². The molecule has 0 fully saturated rings. The average molecular weight is 206 g/mol. The van der Waals surface area contributed by atoms with E-state index in [1.807, 2.05) is 26.0 Å². The van der Waals surface area contributed by atoms with Gasteiger partial charge < -0.3 is 9.84 Å². The molecule has 80 valence electrons. The topological polar surface area (TPSA) is 46.5 Å². The molecular weight excluding hydrogens is 192 g/mol. The first-order valence-corrected chi connectivity index (χ1v) is 5.07. The summed E-state index contributed by atoms with van der Waals surface area (Å²) in [6, 6.07) is 3.83. The van der Waals surface area contributed by atoms with Gasteiger partial charge in [-0.25, -0.2) is 0 Å². The lowest BCUT2D eigenvalue weighted by Gasteiger charge is -2.25. The molecule has 0 aliphatic carbocycles. The summed E-state index contributed by atoms with van der Waals surface area (Å²) >= 11 is 0.